The number of carbonyl (C=O) groups is 2. The van der Waals surface area contributed by atoms with Gasteiger partial charge >= 0.3 is 5.97 Å². The van der Waals surface area contributed by atoms with Crippen LogP contribution in [0.15, 0.2) is 133 Å². The third-order valence-electron chi connectivity index (χ3n) is 7.36. The van der Waals surface area contributed by atoms with Gasteiger partial charge in [-0.1, -0.05) is 36.4 Å². The number of nitrogens with one attached hydrogen (secondary N) is 2. The van der Waals surface area contributed by atoms with Crippen LogP contribution in [0, 0.1) is 0 Å². The van der Waals surface area contributed by atoms with Crippen LogP contribution in [-0.4, -0.2) is 47.6 Å². The lowest BCUT2D eigenvalue weighted by Gasteiger charge is -2.10. The number of methoxy groups -OCH3 is 1. The summed E-state index contributed by atoms with van der Waals surface area (Å²) in [5, 5.41) is 30.4. The quantitative estimate of drug-likeness (QED) is 0.0950. The van der Waals surface area contributed by atoms with E-state index in [1.165, 1.54) is 31.4 Å². The maximum atomic E-state index is 11.5. The molecule has 0 bridgehead atoms. The van der Waals surface area contributed by atoms with Gasteiger partial charge in [0.25, 0.3) is 5.91 Å². The number of carboxylic acid groups (broad SMARTS) is 1. The number of phenols is 1. The van der Waals surface area contributed by atoms with Crippen LogP contribution < -0.4 is 26.2 Å². The smallest absolute Gasteiger partial charge is 0.339 e. The summed E-state index contributed by atoms with van der Waals surface area (Å²) in [7, 11) is -2.36. The van der Waals surface area contributed by atoms with Crippen molar-refractivity contribution in [2.75, 3.05) is 17.7 Å². The second-order valence-corrected chi connectivity index (χ2v) is 12.4. The highest BCUT2D eigenvalue weighted by atomic mass is 32.2. The minimum absolute atomic E-state index is 0.0136. The van der Waals surface area contributed by atoms with Gasteiger partial charge in [0, 0.05) is 23.8 Å². The number of aromatic carboxylic acids is 1. The molecule has 0 fully saturated rings. The first-order valence-corrected chi connectivity index (χ1v) is 16.6. The number of carbonyl (C=O) groups excluding carboxylic acids is 1. The van der Waals surface area contributed by atoms with Crippen LogP contribution in [0.3, 0.4) is 0 Å². The molecule has 6 aromatic rings. The Kier molecular flexibility index (Phi) is 10.9. The Bertz CT molecular complexity index is 2320. The zero-order valence-corrected chi connectivity index (χ0v) is 27.8. The van der Waals surface area contributed by atoms with Crippen molar-refractivity contribution in [2.24, 2.45) is 10.9 Å². The van der Waals surface area contributed by atoms with Gasteiger partial charge < -0.3 is 31.3 Å². The highest BCUT2D eigenvalue weighted by Gasteiger charge is 2.14. The van der Waals surface area contributed by atoms with Crippen LogP contribution in [-0.2, 0) is 10.0 Å². The van der Waals surface area contributed by atoms with Gasteiger partial charge in [0.2, 0.25) is 10.0 Å². The van der Waals surface area contributed by atoms with Crippen molar-refractivity contribution in [1.82, 2.24) is 9.97 Å². The van der Waals surface area contributed by atoms with Gasteiger partial charge in [0.05, 0.1) is 17.6 Å². The van der Waals surface area contributed by atoms with Gasteiger partial charge in [0.15, 0.2) is 0 Å². The molecule has 0 atom stereocenters. The number of aromatic hydroxyl groups is 1. The van der Waals surface area contributed by atoms with Crippen LogP contribution in [0.1, 0.15) is 20.7 Å². The molecule has 258 valence electrons. The average Bonchev–Trinajstić information content (AvgIpc) is 3.12. The number of amides is 1. The van der Waals surface area contributed by atoms with Gasteiger partial charge in [0.1, 0.15) is 28.7 Å². The van der Waals surface area contributed by atoms with Crippen molar-refractivity contribution in [3.63, 3.8) is 0 Å². The summed E-state index contributed by atoms with van der Waals surface area (Å²) in [6.07, 6.45) is 3.24. The number of para-hydroxylation sites is 1. The summed E-state index contributed by atoms with van der Waals surface area (Å²) in [6, 6.07) is 32.5. The van der Waals surface area contributed by atoms with E-state index in [1.807, 2.05) is 48.5 Å². The molecule has 14 heteroatoms. The fourth-order valence-electron chi connectivity index (χ4n) is 4.89. The van der Waals surface area contributed by atoms with Crippen molar-refractivity contribution in [1.29, 1.82) is 0 Å². The third-order valence-corrected chi connectivity index (χ3v) is 8.27. The molecule has 6 rings (SSSR count). The number of nitrogens with two attached hydrogens (primary N) is 2. The molecule has 0 aliphatic heterocycles. The molecule has 2 heterocycles. The van der Waals surface area contributed by atoms with Gasteiger partial charge in [-0.3, -0.25) is 4.79 Å². The molecule has 0 saturated carbocycles. The highest BCUT2D eigenvalue weighted by molar-refractivity contribution is 7.89. The Morgan fingerprint density at radius 2 is 1.24 bits per heavy atom. The summed E-state index contributed by atoms with van der Waals surface area (Å²) in [5.41, 5.74) is 9.86. The molecule has 51 heavy (non-hydrogen) atoms. The highest BCUT2D eigenvalue weighted by Crippen LogP contribution is 2.30. The molecular formula is C37H32N6O7S. The average molecular weight is 705 g/mol. The van der Waals surface area contributed by atoms with Crippen molar-refractivity contribution < 1.29 is 33.0 Å². The van der Waals surface area contributed by atoms with Crippen LogP contribution in [0.2, 0.25) is 0 Å². The zero-order valence-electron chi connectivity index (χ0n) is 27.0. The van der Waals surface area contributed by atoms with E-state index in [0.29, 0.717) is 28.6 Å². The van der Waals surface area contributed by atoms with Crippen LogP contribution in [0.4, 0.5) is 23.0 Å². The molecule has 2 aromatic heterocycles. The first kappa shape index (κ1) is 35.5. The zero-order chi connectivity index (χ0) is 36.5. The number of hydrogen-bond donors (Lipinski definition) is 6. The van der Waals surface area contributed by atoms with E-state index in [2.05, 4.69) is 20.6 Å². The van der Waals surface area contributed by atoms with E-state index in [9.17, 15) is 28.2 Å². The first-order valence-electron chi connectivity index (χ1n) is 15.1. The molecule has 0 aliphatic carbocycles. The predicted molar refractivity (Wildman–Crippen MR) is 194 cm³/mol. The Balaban J connectivity index is 0.000000199. The van der Waals surface area contributed by atoms with E-state index in [0.717, 1.165) is 22.4 Å². The molecule has 13 nitrogen and oxygen atoms in total. The topological polar surface area (TPSA) is 220 Å². The fraction of sp³-hybridized carbons (Fsp3) is 0.0270. The number of benzene rings is 4. The second kappa shape index (κ2) is 15.6. The number of primary amides is 1. The Hall–Kier alpha value is -6.77. The normalized spacial score (nSPS) is 10.7. The standard InChI is InChI=1S/C19H16N2O3.C18H16N4O4S/c1-24-17-8-7-13(11-16(17)19(22)23)14-9-10-20-18(12-14)21-15-5-3-2-4-6-15;19-18(24)15-8-11(4-5-16(15)23)12-6-7-21-17(9-12)22-13-2-1-3-14(10-13)27(20,25)26/h2-12H,1H3,(H,20,21)(H,22,23);1-10,23H,(H2,19,24)(H,21,22)(H2,20,25,26). The molecular weight excluding hydrogens is 673 g/mol. The monoisotopic (exact) mass is 704 g/mol. The van der Waals surface area contributed by atoms with E-state index in [4.69, 9.17) is 15.6 Å². The van der Waals surface area contributed by atoms with E-state index >= 15 is 0 Å². The molecule has 0 aliphatic rings. The Morgan fingerprint density at radius 3 is 1.80 bits per heavy atom. The van der Waals surface area contributed by atoms with Gasteiger partial charge in [-0.25, -0.2) is 28.3 Å². The number of carboxylic acids is 1. The number of anilines is 4. The Labute approximate surface area is 293 Å². The first-order chi connectivity index (χ1) is 24.4. The number of rotatable bonds is 10. The van der Waals surface area contributed by atoms with Crippen LogP contribution in [0.25, 0.3) is 22.3 Å². The number of hydrogen-bond acceptors (Lipinski definition) is 10. The predicted octanol–water partition coefficient (Wildman–Crippen LogP) is 6.14. The summed E-state index contributed by atoms with van der Waals surface area (Å²) in [6.45, 7) is 0. The lowest BCUT2D eigenvalue weighted by atomic mass is 10.0. The summed E-state index contributed by atoms with van der Waals surface area (Å²) >= 11 is 0. The summed E-state index contributed by atoms with van der Waals surface area (Å²) < 4.78 is 28.0. The maximum Gasteiger partial charge on any atom is 0.339 e. The molecule has 0 unspecified atom stereocenters. The molecule has 4 aromatic carbocycles. The lowest BCUT2D eigenvalue weighted by Crippen LogP contribution is -2.12. The van der Waals surface area contributed by atoms with Gasteiger partial charge in [-0.15, -0.1) is 0 Å². The van der Waals surface area contributed by atoms with E-state index in [1.54, 1.807) is 54.9 Å². The van der Waals surface area contributed by atoms with Crippen molar-refractivity contribution >= 4 is 44.9 Å². The number of nitrogens with zero attached hydrogens (tertiary/aromatic N) is 2. The van der Waals surface area contributed by atoms with E-state index in [-0.39, 0.29) is 21.8 Å². The summed E-state index contributed by atoms with van der Waals surface area (Å²) in [4.78, 5) is 31.2. The van der Waals surface area contributed by atoms with Crippen molar-refractivity contribution in [2.45, 2.75) is 4.90 Å². The number of aromatic nitrogens is 2. The number of primary sulfonamides is 1. The SMILES string of the molecule is COc1ccc(-c2ccnc(Nc3ccccc3)c2)cc1C(=O)O.NC(=O)c1cc(-c2ccnc(Nc3cccc(S(N)(=O)=O)c3)c2)ccc1O. The van der Waals surface area contributed by atoms with E-state index < -0.39 is 21.9 Å². The van der Waals surface area contributed by atoms with Crippen molar-refractivity contribution in [3.05, 3.63) is 139 Å². The van der Waals surface area contributed by atoms with Gasteiger partial charge in [-0.2, -0.15) is 0 Å². The Morgan fingerprint density at radius 1 is 0.686 bits per heavy atom. The van der Waals surface area contributed by atoms with Crippen LogP contribution in [0.5, 0.6) is 11.5 Å². The van der Waals surface area contributed by atoms with Crippen molar-refractivity contribution in [3.8, 4) is 33.8 Å². The van der Waals surface area contributed by atoms with Crippen LogP contribution >= 0.6 is 0 Å². The molecule has 0 saturated heterocycles. The minimum Gasteiger partial charge on any atom is -0.507 e. The minimum atomic E-state index is -3.81. The molecule has 8 N–H and O–H groups in total. The molecule has 1 amide bonds. The number of sulfonamides is 1. The number of pyridine rings is 2. The number of ether oxygens (including phenoxy) is 1. The lowest BCUT2D eigenvalue weighted by molar-refractivity contribution is 0.0693. The fourth-order valence-corrected chi connectivity index (χ4v) is 5.45. The largest absolute Gasteiger partial charge is 0.507 e. The second-order valence-electron chi connectivity index (χ2n) is 10.9. The van der Waals surface area contributed by atoms with Gasteiger partial charge in [-0.05, 0) is 101 Å². The maximum absolute atomic E-state index is 11.5. The molecule has 0 spiro atoms. The summed E-state index contributed by atoms with van der Waals surface area (Å²) in [5.74, 6) is -0.479. The third kappa shape index (κ3) is 9.23. The molecule has 0 radical (unpaired) electrons.